The maximum Gasteiger partial charge on any atom is 0.212 e. The van der Waals surface area contributed by atoms with Crippen LogP contribution in [0.3, 0.4) is 0 Å². The van der Waals surface area contributed by atoms with Gasteiger partial charge in [-0.25, -0.2) is 13.1 Å². The highest BCUT2D eigenvalue weighted by Crippen LogP contribution is 2.32. The largest absolute Gasteiger partial charge is 0.380 e. The van der Waals surface area contributed by atoms with E-state index in [1.807, 2.05) is 0 Å². The van der Waals surface area contributed by atoms with Crippen molar-refractivity contribution in [3.63, 3.8) is 0 Å². The van der Waals surface area contributed by atoms with E-state index in [9.17, 15) is 8.42 Å². The molecule has 2 saturated heterocycles. The van der Waals surface area contributed by atoms with Crippen LogP contribution < -0.4 is 4.72 Å². The first-order chi connectivity index (χ1) is 4.62. The zero-order valence-electron chi connectivity index (χ0n) is 5.46. The lowest BCUT2D eigenvalue weighted by Crippen LogP contribution is -2.46. The minimum atomic E-state index is -2.94. The van der Waals surface area contributed by atoms with Crippen LogP contribution >= 0.6 is 0 Å². The molecule has 10 heavy (non-hydrogen) atoms. The van der Waals surface area contributed by atoms with E-state index in [1.54, 1.807) is 0 Å². The fourth-order valence-corrected chi connectivity index (χ4v) is 3.05. The Morgan fingerprint density at radius 2 is 2.10 bits per heavy atom. The molecule has 0 aromatic heterocycles. The fraction of sp³-hybridized carbons (Fsp3) is 1.00. The summed E-state index contributed by atoms with van der Waals surface area (Å²) in [5, 5.41) is 0. The van der Waals surface area contributed by atoms with E-state index in [2.05, 4.69) is 4.72 Å². The lowest BCUT2D eigenvalue weighted by Gasteiger charge is -2.35. The summed E-state index contributed by atoms with van der Waals surface area (Å²) in [6.07, 6.45) is 0. The van der Waals surface area contributed by atoms with Crippen LogP contribution in [0, 0.1) is 5.41 Å². The van der Waals surface area contributed by atoms with Gasteiger partial charge in [-0.15, -0.1) is 0 Å². The van der Waals surface area contributed by atoms with Crippen molar-refractivity contribution in [2.75, 3.05) is 25.5 Å². The average molecular weight is 163 g/mol. The van der Waals surface area contributed by atoms with Gasteiger partial charge < -0.3 is 4.74 Å². The molecule has 0 unspecified atom stereocenters. The predicted molar refractivity (Wildman–Crippen MR) is 35.0 cm³/mol. The zero-order valence-corrected chi connectivity index (χ0v) is 6.28. The van der Waals surface area contributed by atoms with E-state index in [0.717, 1.165) is 0 Å². The third kappa shape index (κ3) is 0.853. The molecular weight excluding hydrogens is 154 g/mol. The van der Waals surface area contributed by atoms with E-state index in [4.69, 9.17) is 4.74 Å². The molecule has 0 aliphatic carbocycles. The monoisotopic (exact) mass is 163 g/mol. The quantitative estimate of drug-likeness (QED) is 0.495. The second-order valence-electron chi connectivity index (χ2n) is 3.07. The second-order valence-corrected chi connectivity index (χ2v) is 4.88. The molecule has 0 amide bonds. The summed E-state index contributed by atoms with van der Waals surface area (Å²) >= 11 is 0. The minimum Gasteiger partial charge on any atom is -0.380 e. The first kappa shape index (κ1) is 6.57. The van der Waals surface area contributed by atoms with Gasteiger partial charge in [0.25, 0.3) is 0 Å². The van der Waals surface area contributed by atoms with Gasteiger partial charge in [0.15, 0.2) is 0 Å². The molecule has 1 spiro atoms. The van der Waals surface area contributed by atoms with Gasteiger partial charge in [-0.05, 0) is 0 Å². The Bertz CT molecular complexity index is 242. The normalized spacial score (nSPS) is 34.0. The zero-order chi connectivity index (χ0) is 7.24. The summed E-state index contributed by atoms with van der Waals surface area (Å²) in [6, 6.07) is 0. The highest BCUT2D eigenvalue weighted by molar-refractivity contribution is 7.89. The van der Waals surface area contributed by atoms with Crippen molar-refractivity contribution < 1.29 is 13.2 Å². The third-order valence-corrected chi connectivity index (χ3v) is 3.56. The lowest BCUT2D eigenvalue weighted by molar-refractivity contribution is -0.0896. The van der Waals surface area contributed by atoms with E-state index in [0.29, 0.717) is 19.8 Å². The Morgan fingerprint density at radius 1 is 1.40 bits per heavy atom. The molecule has 0 bridgehead atoms. The fourth-order valence-electron chi connectivity index (χ4n) is 1.34. The number of sulfonamides is 1. The highest BCUT2D eigenvalue weighted by atomic mass is 32.2. The van der Waals surface area contributed by atoms with Gasteiger partial charge >= 0.3 is 0 Å². The molecular formula is C5H9NO3S. The second kappa shape index (κ2) is 1.72. The number of ether oxygens (including phenoxy) is 1. The van der Waals surface area contributed by atoms with Crippen molar-refractivity contribution in [3.8, 4) is 0 Å². The maximum atomic E-state index is 10.9. The van der Waals surface area contributed by atoms with E-state index >= 15 is 0 Å². The average Bonchev–Trinajstić information content (AvgIpc) is 2.04. The lowest BCUT2D eigenvalue weighted by atomic mass is 9.89. The smallest absolute Gasteiger partial charge is 0.212 e. The first-order valence-electron chi connectivity index (χ1n) is 3.17. The van der Waals surface area contributed by atoms with E-state index in [-0.39, 0.29) is 11.2 Å². The number of hydrogen-bond donors (Lipinski definition) is 1. The van der Waals surface area contributed by atoms with Crippen molar-refractivity contribution in [2.45, 2.75) is 0 Å². The molecule has 1 N–H and O–H groups in total. The van der Waals surface area contributed by atoms with Gasteiger partial charge in [0.05, 0.1) is 19.0 Å². The van der Waals surface area contributed by atoms with Crippen LogP contribution in [0.2, 0.25) is 0 Å². The first-order valence-corrected chi connectivity index (χ1v) is 4.82. The van der Waals surface area contributed by atoms with Crippen LogP contribution in [0.15, 0.2) is 0 Å². The molecule has 2 heterocycles. The molecule has 2 aliphatic rings. The third-order valence-electron chi connectivity index (χ3n) is 1.98. The van der Waals surface area contributed by atoms with Crippen LogP contribution in [0.5, 0.6) is 0 Å². The molecule has 2 rings (SSSR count). The molecule has 2 aliphatic heterocycles. The topological polar surface area (TPSA) is 55.4 Å². The van der Waals surface area contributed by atoms with E-state index < -0.39 is 10.0 Å². The number of hydrogen-bond acceptors (Lipinski definition) is 3. The number of rotatable bonds is 0. The summed E-state index contributed by atoms with van der Waals surface area (Å²) in [5.41, 5.74) is -0.0706. The van der Waals surface area contributed by atoms with Gasteiger partial charge in [0, 0.05) is 12.0 Å². The molecule has 0 radical (unpaired) electrons. The minimum absolute atomic E-state index is 0.0706. The Morgan fingerprint density at radius 3 is 2.30 bits per heavy atom. The molecule has 0 atom stereocenters. The van der Waals surface area contributed by atoms with Crippen molar-refractivity contribution in [3.05, 3.63) is 0 Å². The summed E-state index contributed by atoms with van der Waals surface area (Å²) in [7, 11) is -2.94. The van der Waals surface area contributed by atoms with Gasteiger partial charge in [-0.3, -0.25) is 0 Å². The highest BCUT2D eigenvalue weighted by Gasteiger charge is 2.47. The van der Waals surface area contributed by atoms with Crippen molar-refractivity contribution in [2.24, 2.45) is 5.41 Å². The molecule has 2 fully saturated rings. The van der Waals surface area contributed by atoms with Crippen LogP contribution in [-0.2, 0) is 14.8 Å². The Balaban J connectivity index is 2.19. The Hall–Kier alpha value is -0.130. The SMILES string of the molecule is O=S1(=O)CC2(CN1)COC2. The van der Waals surface area contributed by atoms with Crippen LogP contribution in [0.4, 0.5) is 0 Å². The maximum absolute atomic E-state index is 10.9. The standard InChI is InChI=1S/C5H9NO3S/c7-10(8)4-5(1-6-10)2-9-3-5/h6H,1-4H2. The summed E-state index contributed by atoms with van der Waals surface area (Å²) in [6.45, 7) is 1.76. The van der Waals surface area contributed by atoms with E-state index in [1.165, 1.54) is 0 Å². The van der Waals surface area contributed by atoms with Crippen molar-refractivity contribution in [1.29, 1.82) is 0 Å². The molecule has 4 nitrogen and oxygen atoms in total. The Labute approximate surface area is 59.6 Å². The molecule has 0 aromatic rings. The Kier molecular flexibility index (Phi) is 1.13. The van der Waals surface area contributed by atoms with Crippen molar-refractivity contribution >= 4 is 10.0 Å². The summed E-state index contributed by atoms with van der Waals surface area (Å²) in [4.78, 5) is 0. The van der Waals surface area contributed by atoms with Crippen LogP contribution in [0.25, 0.3) is 0 Å². The van der Waals surface area contributed by atoms with Crippen LogP contribution in [-0.4, -0.2) is 33.9 Å². The van der Waals surface area contributed by atoms with Gasteiger partial charge in [-0.2, -0.15) is 0 Å². The molecule has 5 heteroatoms. The molecule has 58 valence electrons. The number of nitrogens with one attached hydrogen (secondary N) is 1. The van der Waals surface area contributed by atoms with Crippen molar-refractivity contribution in [1.82, 2.24) is 4.72 Å². The van der Waals surface area contributed by atoms with Gasteiger partial charge in [0.2, 0.25) is 10.0 Å². The molecule has 0 aromatic carbocycles. The summed E-state index contributed by atoms with van der Waals surface area (Å²) < 4.78 is 29.2. The molecule has 0 saturated carbocycles. The predicted octanol–water partition coefficient (Wildman–Crippen LogP) is -1.06. The van der Waals surface area contributed by atoms with Gasteiger partial charge in [0.1, 0.15) is 0 Å². The summed E-state index contributed by atoms with van der Waals surface area (Å²) in [5.74, 6) is 0.250. The van der Waals surface area contributed by atoms with Crippen LogP contribution in [0.1, 0.15) is 0 Å². The van der Waals surface area contributed by atoms with Gasteiger partial charge in [-0.1, -0.05) is 0 Å².